The maximum Gasteiger partial charge on any atom is 0.138 e. The predicted molar refractivity (Wildman–Crippen MR) is 68.1 cm³/mol. The van der Waals surface area contributed by atoms with E-state index in [0.717, 1.165) is 11.3 Å². The lowest BCUT2D eigenvalue weighted by Crippen LogP contribution is -1.96. The van der Waals surface area contributed by atoms with Gasteiger partial charge in [-0.05, 0) is 12.1 Å². The van der Waals surface area contributed by atoms with Crippen molar-refractivity contribution in [2.24, 2.45) is 0 Å². The van der Waals surface area contributed by atoms with Gasteiger partial charge < -0.3 is 9.72 Å². The van der Waals surface area contributed by atoms with Gasteiger partial charge in [0.25, 0.3) is 0 Å². The highest BCUT2D eigenvalue weighted by molar-refractivity contribution is 5.63. The van der Waals surface area contributed by atoms with E-state index >= 15 is 0 Å². The molecule has 3 aromatic rings. The van der Waals surface area contributed by atoms with Crippen LogP contribution in [0.2, 0.25) is 0 Å². The minimum Gasteiger partial charge on any atom is -0.340 e. The summed E-state index contributed by atoms with van der Waals surface area (Å²) in [6.45, 7) is 0. The van der Waals surface area contributed by atoms with Crippen LogP contribution in [-0.4, -0.2) is 19.6 Å². The van der Waals surface area contributed by atoms with Gasteiger partial charge in [0.15, 0.2) is 0 Å². The summed E-state index contributed by atoms with van der Waals surface area (Å²) < 4.78 is 1.92. The Morgan fingerprint density at radius 3 is 2.83 bits per heavy atom. The second-order valence-corrected chi connectivity index (χ2v) is 3.77. The van der Waals surface area contributed by atoms with Gasteiger partial charge >= 0.3 is 0 Å². The monoisotopic (exact) mass is 241 g/mol. The molecule has 3 N–H and O–H groups in total. The fraction of sp³-hybridized carbons (Fsp3) is 0. The number of aromatic nitrogens is 3. The second-order valence-electron chi connectivity index (χ2n) is 3.77. The van der Waals surface area contributed by atoms with Crippen molar-refractivity contribution in [1.82, 2.24) is 14.4 Å². The molecule has 0 fully saturated rings. The number of anilines is 3. The van der Waals surface area contributed by atoms with Gasteiger partial charge in [-0.3, -0.25) is 10.7 Å². The van der Waals surface area contributed by atoms with E-state index in [4.69, 9.17) is 5.21 Å². The molecular formula is C12H11N5O. The van der Waals surface area contributed by atoms with Crippen molar-refractivity contribution >= 4 is 22.8 Å². The Kier molecular flexibility index (Phi) is 2.54. The number of hydrogen-bond donors (Lipinski definition) is 3. The van der Waals surface area contributed by atoms with Crippen LogP contribution in [0.1, 0.15) is 0 Å². The van der Waals surface area contributed by atoms with Crippen LogP contribution in [0.4, 0.5) is 17.2 Å². The zero-order valence-corrected chi connectivity index (χ0v) is 9.41. The highest BCUT2D eigenvalue weighted by atomic mass is 16.5. The van der Waals surface area contributed by atoms with Crippen LogP contribution in [0.5, 0.6) is 0 Å². The largest absolute Gasteiger partial charge is 0.340 e. The Morgan fingerprint density at radius 1 is 1.00 bits per heavy atom. The zero-order valence-electron chi connectivity index (χ0n) is 9.41. The molecule has 90 valence electrons. The number of pyridine rings is 2. The molecule has 6 nitrogen and oxygen atoms in total. The summed E-state index contributed by atoms with van der Waals surface area (Å²) >= 11 is 0. The summed E-state index contributed by atoms with van der Waals surface area (Å²) in [4.78, 5) is 8.37. The van der Waals surface area contributed by atoms with Crippen molar-refractivity contribution in [2.75, 3.05) is 10.8 Å². The van der Waals surface area contributed by atoms with E-state index in [2.05, 4.69) is 20.8 Å². The molecule has 0 aliphatic rings. The first-order chi connectivity index (χ1) is 8.85. The quantitative estimate of drug-likeness (QED) is 0.613. The second kappa shape index (κ2) is 4.34. The molecule has 0 aliphatic heterocycles. The third-order valence-electron chi connectivity index (χ3n) is 2.56. The lowest BCUT2D eigenvalue weighted by molar-refractivity contribution is 0.389. The molecule has 3 heterocycles. The van der Waals surface area contributed by atoms with Crippen LogP contribution in [0, 0.1) is 0 Å². The van der Waals surface area contributed by atoms with Crippen LogP contribution < -0.4 is 10.8 Å². The number of fused-ring (bicyclic) bond motifs is 1. The van der Waals surface area contributed by atoms with Gasteiger partial charge in [0.2, 0.25) is 0 Å². The van der Waals surface area contributed by atoms with Gasteiger partial charge in [-0.2, -0.15) is 0 Å². The number of imidazole rings is 1. The topological polar surface area (TPSA) is 74.5 Å². The standard InChI is InChI=1S/C12H11N5O/c18-16-10-1-3-13-11(7-10)15-9-2-5-17-6-4-14-12(17)8-9/h1-8,18H,(H2,13,15,16). The molecule has 0 amide bonds. The number of nitrogens with zero attached hydrogens (tertiary/aromatic N) is 3. The normalized spacial score (nSPS) is 10.5. The SMILES string of the molecule is ONc1ccnc(Nc2ccn3ccnc3c2)c1. The summed E-state index contributed by atoms with van der Waals surface area (Å²) in [6.07, 6.45) is 7.15. The van der Waals surface area contributed by atoms with E-state index in [1.807, 2.05) is 28.9 Å². The summed E-state index contributed by atoms with van der Waals surface area (Å²) in [5.41, 5.74) is 4.40. The molecule has 0 spiro atoms. The maximum atomic E-state index is 8.82. The van der Waals surface area contributed by atoms with E-state index in [1.54, 1.807) is 24.5 Å². The maximum absolute atomic E-state index is 8.82. The first-order valence-corrected chi connectivity index (χ1v) is 5.41. The third kappa shape index (κ3) is 1.96. The smallest absolute Gasteiger partial charge is 0.138 e. The van der Waals surface area contributed by atoms with Crippen molar-refractivity contribution in [3.8, 4) is 0 Å². The molecule has 3 rings (SSSR count). The summed E-state index contributed by atoms with van der Waals surface area (Å²) in [5, 5.41) is 12.0. The Balaban J connectivity index is 1.90. The van der Waals surface area contributed by atoms with E-state index < -0.39 is 0 Å². The molecule has 6 heteroatoms. The van der Waals surface area contributed by atoms with E-state index in [-0.39, 0.29) is 0 Å². The Morgan fingerprint density at radius 2 is 1.94 bits per heavy atom. The Labute approximate surface area is 103 Å². The average Bonchev–Trinajstić information content (AvgIpc) is 2.86. The molecule has 0 aromatic carbocycles. The minimum atomic E-state index is 0.578. The van der Waals surface area contributed by atoms with Crippen LogP contribution in [0.15, 0.2) is 49.1 Å². The zero-order chi connectivity index (χ0) is 12.4. The van der Waals surface area contributed by atoms with E-state index in [0.29, 0.717) is 11.5 Å². The van der Waals surface area contributed by atoms with Gasteiger partial charge in [0.1, 0.15) is 11.5 Å². The molecule has 0 radical (unpaired) electrons. The number of hydrogen-bond acceptors (Lipinski definition) is 5. The van der Waals surface area contributed by atoms with E-state index in [9.17, 15) is 0 Å². The summed E-state index contributed by atoms with van der Waals surface area (Å²) in [7, 11) is 0. The first kappa shape index (κ1) is 10.5. The Bertz CT molecular complexity index is 679. The van der Waals surface area contributed by atoms with Crippen LogP contribution in [-0.2, 0) is 0 Å². The summed E-state index contributed by atoms with van der Waals surface area (Å²) in [6, 6.07) is 7.22. The third-order valence-corrected chi connectivity index (χ3v) is 2.56. The lowest BCUT2D eigenvalue weighted by Gasteiger charge is -2.07. The Hall–Kier alpha value is -2.60. The molecule has 3 aromatic heterocycles. The lowest BCUT2D eigenvalue weighted by atomic mass is 10.3. The predicted octanol–water partition coefficient (Wildman–Crippen LogP) is 2.27. The van der Waals surface area contributed by atoms with Crippen molar-refractivity contribution in [3.63, 3.8) is 0 Å². The van der Waals surface area contributed by atoms with Crippen LogP contribution >= 0.6 is 0 Å². The molecule has 0 saturated carbocycles. The molecule has 0 atom stereocenters. The first-order valence-electron chi connectivity index (χ1n) is 5.41. The van der Waals surface area contributed by atoms with E-state index in [1.165, 1.54) is 0 Å². The van der Waals surface area contributed by atoms with Gasteiger partial charge in [-0.15, -0.1) is 0 Å². The highest BCUT2D eigenvalue weighted by Gasteiger charge is 2.00. The van der Waals surface area contributed by atoms with Crippen molar-refractivity contribution in [1.29, 1.82) is 0 Å². The van der Waals surface area contributed by atoms with Crippen molar-refractivity contribution < 1.29 is 5.21 Å². The molecule has 18 heavy (non-hydrogen) atoms. The van der Waals surface area contributed by atoms with Crippen molar-refractivity contribution in [2.45, 2.75) is 0 Å². The average molecular weight is 241 g/mol. The number of nitrogens with one attached hydrogen (secondary N) is 2. The summed E-state index contributed by atoms with van der Waals surface area (Å²) in [5.74, 6) is 0.643. The van der Waals surface area contributed by atoms with Crippen molar-refractivity contribution in [3.05, 3.63) is 49.1 Å². The van der Waals surface area contributed by atoms with Gasteiger partial charge in [0, 0.05) is 42.6 Å². The van der Waals surface area contributed by atoms with Gasteiger partial charge in [0.05, 0.1) is 5.69 Å². The van der Waals surface area contributed by atoms with Crippen LogP contribution in [0.3, 0.4) is 0 Å². The van der Waals surface area contributed by atoms with Gasteiger partial charge in [-0.1, -0.05) is 0 Å². The fourth-order valence-corrected chi connectivity index (χ4v) is 1.70. The molecule has 0 bridgehead atoms. The molecule has 0 aliphatic carbocycles. The minimum absolute atomic E-state index is 0.578. The fourth-order valence-electron chi connectivity index (χ4n) is 1.70. The van der Waals surface area contributed by atoms with Gasteiger partial charge in [-0.25, -0.2) is 9.97 Å². The molecular weight excluding hydrogens is 230 g/mol. The molecule has 0 unspecified atom stereocenters. The molecule has 0 saturated heterocycles. The highest BCUT2D eigenvalue weighted by Crippen LogP contribution is 2.18. The number of rotatable bonds is 3. The van der Waals surface area contributed by atoms with Crippen LogP contribution in [0.25, 0.3) is 5.65 Å².